The van der Waals surface area contributed by atoms with Crippen molar-refractivity contribution in [3.8, 4) is 5.69 Å². The SMILES string of the molecule is Cc1nc2ccccc2c(C)c1CC(=O)NCCc1cnn(-c2ccccc2)c1. The second-order valence-corrected chi connectivity index (χ2v) is 7.22. The molecule has 0 aliphatic carbocycles. The number of rotatable bonds is 6. The minimum atomic E-state index is 0.0173. The number of hydrogen-bond donors (Lipinski definition) is 1. The Hall–Kier alpha value is -3.47. The van der Waals surface area contributed by atoms with Crippen molar-refractivity contribution >= 4 is 16.8 Å². The van der Waals surface area contributed by atoms with E-state index in [1.54, 1.807) is 0 Å². The van der Waals surface area contributed by atoms with Gasteiger partial charge in [-0.1, -0.05) is 36.4 Å². The molecule has 0 unspecified atom stereocenters. The molecule has 5 heteroatoms. The van der Waals surface area contributed by atoms with Gasteiger partial charge in [-0.15, -0.1) is 0 Å². The summed E-state index contributed by atoms with van der Waals surface area (Å²) >= 11 is 0. The average molecular weight is 384 g/mol. The summed E-state index contributed by atoms with van der Waals surface area (Å²) in [4.78, 5) is 17.2. The van der Waals surface area contributed by atoms with Crippen molar-refractivity contribution in [3.63, 3.8) is 0 Å². The molecular weight excluding hydrogens is 360 g/mol. The fourth-order valence-corrected chi connectivity index (χ4v) is 3.61. The Balaban J connectivity index is 1.36. The zero-order valence-corrected chi connectivity index (χ0v) is 16.7. The van der Waals surface area contributed by atoms with E-state index >= 15 is 0 Å². The second kappa shape index (κ2) is 8.27. The van der Waals surface area contributed by atoms with Crippen molar-refractivity contribution in [2.24, 2.45) is 0 Å². The predicted octanol–water partition coefficient (Wildman–Crippen LogP) is 3.94. The van der Waals surface area contributed by atoms with Crippen LogP contribution in [0.25, 0.3) is 16.6 Å². The average Bonchev–Trinajstić information content (AvgIpc) is 3.21. The van der Waals surface area contributed by atoms with Gasteiger partial charge in [-0.2, -0.15) is 5.10 Å². The summed E-state index contributed by atoms with van der Waals surface area (Å²) in [5.74, 6) is 0.0173. The number of amides is 1. The molecular formula is C24H24N4O. The lowest BCUT2D eigenvalue weighted by Crippen LogP contribution is -2.27. The van der Waals surface area contributed by atoms with Gasteiger partial charge in [0.1, 0.15) is 0 Å². The Morgan fingerprint density at radius 3 is 2.62 bits per heavy atom. The molecule has 0 radical (unpaired) electrons. The molecule has 2 aromatic carbocycles. The summed E-state index contributed by atoms with van der Waals surface area (Å²) in [5.41, 5.74) is 6.15. The maximum Gasteiger partial charge on any atom is 0.224 e. The van der Waals surface area contributed by atoms with Crippen LogP contribution in [-0.4, -0.2) is 27.2 Å². The molecule has 0 aliphatic heterocycles. The second-order valence-electron chi connectivity index (χ2n) is 7.22. The van der Waals surface area contributed by atoms with Crippen molar-refractivity contribution in [1.29, 1.82) is 0 Å². The molecule has 0 saturated heterocycles. The monoisotopic (exact) mass is 384 g/mol. The minimum Gasteiger partial charge on any atom is -0.355 e. The van der Waals surface area contributed by atoms with Crippen LogP contribution in [0.3, 0.4) is 0 Å². The summed E-state index contributed by atoms with van der Waals surface area (Å²) in [7, 11) is 0. The van der Waals surface area contributed by atoms with Crippen LogP contribution < -0.4 is 5.32 Å². The molecule has 4 aromatic rings. The van der Waals surface area contributed by atoms with E-state index in [0.29, 0.717) is 13.0 Å². The molecule has 2 aromatic heterocycles. The number of carbonyl (C=O) groups excluding carboxylic acids is 1. The molecule has 0 aliphatic rings. The molecule has 1 N–H and O–H groups in total. The highest BCUT2D eigenvalue weighted by molar-refractivity contribution is 5.86. The van der Waals surface area contributed by atoms with Gasteiger partial charge in [-0.05, 0) is 55.2 Å². The topological polar surface area (TPSA) is 59.8 Å². The smallest absolute Gasteiger partial charge is 0.224 e. The number of carbonyl (C=O) groups is 1. The number of pyridine rings is 1. The van der Waals surface area contributed by atoms with Crippen LogP contribution in [0.15, 0.2) is 67.0 Å². The summed E-state index contributed by atoms with van der Waals surface area (Å²) in [6.07, 6.45) is 4.94. The van der Waals surface area contributed by atoms with Gasteiger partial charge in [0, 0.05) is 23.8 Å². The highest BCUT2D eigenvalue weighted by atomic mass is 16.1. The fraction of sp³-hybridized carbons (Fsp3) is 0.208. The van der Waals surface area contributed by atoms with Crippen molar-refractivity contribution < 1.29 is 4.79 Å². The van der Waals surface area contributed by atoms with Gasteiger partial charge in [-0.3, -0.25) is 9.78 Å². The summed E-state index contributed by atoms with van der Waals surface area (Å²) in [6.45, 7) is 4.62. The van der Waals surface area contributed by atoms with Crippen molar-refractivity contribution in [3.05, 3.63) is 89.4 Å². The van der Waals surface area contributed by atoms with Crippen LogP contribution in [0.2, 0.25) is 0 Å². The van der Waals surface area contributed by atoms with E-state index in [4.69, 9.17) is 0 Å². The molecule has 146 valence electrons. The Kier molecular flexibility index (Phi) is 5.38. The normalized spacial score (nSPS) is 11.0. The predicted molar refractivity (Wildman–Crippen MR) is 115 cm³/mol. The number of hydrogen-bond acceptors (Lipinski definition) is 3. The van der Waals surface area contributed by atoms with Gasteiger partial charge in [-0.25, -0.2) is 4.68 Å². The number of aryl methyl sites for hydroxylation is 2. The first-order valence-electron chi connectivity index (χ1n) is 9.82. The number of aromatic nitrogens is 3. The molecule has 0 atom stereocenters. The number of para-hydroxylation sites is 2. The van der Waals surface area contributed by atoms with Crippen LogP contribution in [0.1, 0.15) is 22.4 Å². The van der Waals surface area contributed by atoms with Crippen molar-refractivity contribution in [1.82, 2.24) is 20.1 Å². The first kappa shape index (κ1) is 18.9. The minimum absolute atomic E-state index is 0.0173. The van der Waals surface area contributed by atoms with E-state index in [0.717, 1.165) is 45.4 Å². The number of fused-ring (bicyclic) bond motifs is 1. The van der Waals surface area contributed by atoms with E-state index in [1.807, 2.05) is 72.5 Å². The molecule has 1 amide bonds. The Morgan fingerprint density at radius 2 is 1.79 bits per heavy atom. The largest absolute Gasteiger partial charge is 0.355 e. The maximum atomic E-state index is 12.5. The first-order valence-corrected chi connectivity index (χ1v) is 9.82. The zero-order valence-electron chi connectivity index (χ0n) is 16.7. The quantitative estimate of drug-likeness (QED) is 0.548. The standard InChI is InChI=1S/C24H24N4O/c1-17-21-10-6-7-11-23(21)27-18(2)22(17)14-24(29)25-13-12-19-15-26-28(16-19)20-8-4-3-5-9-20/h3-11,15-16H,12-14H2,1-2H3,(H,25,29). The van der Waals surface area contributed by atoms with Gasteiger partial charge in [0.15, 0.2) is 0 Å². The molecule has 2 heterocycles. The summed E-state index contributed by atoms with van der Waals surface area (Å²) in [5, 5.41) is 8.53. The fourth-order valence-electron chi connectivity index (χ4n) is 3.61. The van der Waals surface area contributed by atoms with E-state index in [-0.39, 0.29) is 5.91 Å². The number of benzene rings is 2. The lowest BCUT2D eigenvalue weighted by atomic mass is 9.99. The van der Waals surface area contributed by atoms with Crippen molar-refractivity contribution in [2.45, 2.75) is 26.7 Å². The van der Waals surface area contributed by atoms with Crippen LogP contribution in [-0.2, 0) is 17.6 Å². The Bertz CT molecular complexity index is 1150. The van der Waals surface area contributed by atoms with Gasteiger partial charge in [0.2, 0.25) is 5.91 Å². The molecule has 0 spiro atoms. The van der Waals surface area contributed by atoms with Crippen LogP contribution in [0.5, 0.6) is 0 Å². The van der Waals surface area contributed by atoms with Crippen LogP contribution >= 0.6 is 0 Å². The Labute approximate surface area is 170 Å². The first-order chi connectivity index (χ1) is 14.1. The molecule has 29 heavy (non-hydrogen) atoms. The van der Waals surface area contributed by atoms with E-state index in [9.17, 15) is 4.79 Å². The third-order valence-corrected chi connectivity index (χ3v) is 5.22. The highest BCUT2D eigenvalue weighted by Gasteiger charge is 2.13. The number of nitrogens with zero attached hydrogens (tertiary/aromatic N) is 3. The maximum absolute atomic E-state index is 12.5. The van der Waals surface area contributed by atoms with Gasteiger partial charge < -0.3 is 5.32 Å². The van der Waals surface area contributed by atoms with E-state index in [2.05, 4.69) is 28.4 Å². The molecule has 0 saturated carbocycles. The van der Waals surface area contributed by atoms with E-state index in [1.165, 1.54) is 0 Å². The summed E-state index contributed by atoms with van der Waals surface area (Å²) in [6, 6.07) is 18.1. The third kappa shape index (κ3) is 4.19. The van der Waals surface area contributed by atoms with Crippen molar-refractivity contribution in [2.75, 3.05) is 6.54 Å². The highest BCUT2D eigenvalue weighted by Crippen LogP contribution is 2.22. The van der Waals surface area contributed by atoms with Gasteiger partial charge >= 0.3 is 0 Å². The van der Waals surface area contributed by atoms with Crippen LogP contribution in [0, 0.1) is 13.8 Å². The molecule has 0 bridgehead atoms. The number of nitrogens with one attached hydrogen (secondary N) is 1. The van der Waals surface area contributed by atoms with Gasteiger partial charge in [0.05, 0.1) is 23.8 Å². The van der Waals surface area contributed by atoms with Gasteiger partial charge in [0.25, 0.3) is 0 Å². The van der Waals surface area contributed by atoms with Crippen LogP contribution in [0.4, 0.5) is 0 Å². The molecule has 0 fully saturated rings. The lowest BCUT2D eigenvalue weighted by molar-refractivity contribution is -0.120. The lowest BCUT2D eigenvalue weighted by Gasteiger charge is -2.12. The Morgan fingerprint density at radius 1 is 1.03 bits per heavy atom. The molecule has 5 nitrogen and oxygen atoms in total. The summed E-state index contributed by atoms with van der Waals surface area (Å²) < 4.78 is 1.85. The zero-order chi connectivity index (χ0) is 20.2. The molecule has 4 rings (SSSR count). The third-order valence-electron chi connectivity index (χ3n) is 5.22. The van der Waals surface area contributed by atoms with E-state index < -0.39 is 0 Å².